The van der Waals surface area contributed by atoms with E-state index in [1.165, 1.54) is 22.3 Å². The summed E-state index contributed by atoms with van der Waals surface area (Å²) >= 11 is 0. The Morgan fingerprint density at radius 3 is 1.59 bits per heavy atom. The van der Waals surface area contributed by atoms with Crippen molar-refractivity contribution in [3.05, 3.63) is 182 Å². The molecule has 240 valence electrons. The number of para-hydroxylation sites is 2. The third-order valence-corrected chi connectivity index (χ3v) is 9.71. The van der Waals surface area contributed by atoms with Crippen LogP contribution in [0.2, 0.25) is 0 Å². The number of hydrogen-bond acceptors (Lipinski definition) is 4. The highest BCUT2D eigenvalue weighted by molar-refractivity contribution is 6.25. The molecule has 0 aliphatic heterocycles. The molecule has 0 aliphatic carbocycles. The van der Waals surface area contributed by atoms with Crippen LogP contribution in [-0.4, -0.2) is 4.98 Å². The molecule has 51 heavy (non-hydrogen) atoms. The van der Waals surface area contributed by atoms with Crippen molar-refractivity contribution in [1.29, 1.82) is 0 Å². The Bertz CT molecular complexity index is 2720. The van der Waals surface area contributed by atoms with Gasteiger partial charge in [-0.05, 0) is 87.6 Å². The SMILES string of the molecule is c1ccc(-c2ccc(N(c3ccc(-c4ccccc4)cc3)c3cccc4oc5cc(-c6nc7ccccc7o6)c6ccccc6c5c34)cc2)cc1. The lowest BCUT2D eigenvalue weighted by molar-refractivity contribution is 0.620. The second kappa shape index (κ2) is 11.9. The fourth-order valence-corrected chi connectivity index (χ4v) is 7.31. The van der Waals surface area contributed by atoms with Crippen LogP contribution in [-0.2, 0) is 0 Å². The van der Waals surface area contributed by atoms with Crippen molar-refractivity contribution < 1.29 is 8.83 Å². The van der Waals surface area contributed by atoms with Crippen molar-refractivity contribution in [3.8, 4) is 33.7 Å². The maximum atomic E-state index is 6.72. The standard InChI is InChI=1S/C47H30N2O2/c1-3-12-31(13-4-1)33-22-26-35(27-23-33)49(36-28-24-34(25-29-36)32-14-5-2-6-15-32)41-19-11-21-43-46(41)45-38-17-8-7-16-37(38)39(30-44(45)50-43)47-48-40-18-9-10-20-42(40)51-47/h1-30H. The van der Waals surface area contributed by atoms with Gasteiger partial charge < -0.3 is 13.7 Å². The van der Waals surface area contributed by atoms with Crippen LogP contribution in [0.5, 0.6) is 0 Å². The average Bonchev–Trinajstić information content (AvgIpc) is 3.81. The lowest BCUT2D eigenvalue weighted by atomic mass is 9.98. The summed E-state index contributed by atoms with van der Waals surface area (Å²) in [5, 5.41) is 4.24. The molecule has 2 heterocycles. The molecule has 0 saturated heterocycles. The fraction of sp³-hybridized carbons (Fsp3) is 0. The zero-order valence-electron chi connectivity index (χ0n) is 27.5. The predicted octanol–water partition coefficient (Wildman–Crippen LogP) is 13.4. The zero-order valence-corrected chi connectivity index (χ0v) is 27.5. The molecule has 0 amide bonds. The molecule has 0 radical (unpaired) electrons. The maximum Gasteiger partial charge on any atom is 0.228 e. The van der Waals surface area contributed by atoms with Crippen LogP contribution in [0.15, 0.2) is 191 Å². The Balaban J connectivity index is 1.20. The number of nitrogens with zero attached hydrogens (tertiary/aromatic N) is 2. The molecular weight excluding hydrogens is 625 g/mol. The molecule has 0 fully saturated rings. The van der Waals surface area contributed by atoms with E-state index >= 15 is 0 Å². The molecule has 4 heteroatoms. The van der Waals surface area contributed by atoms with E-state index < -0.39 is 0 Å². The Morgan fingerprint density at radius 2 is 0.941 bits per heavy atom. The minimum atomic E-state index is 0.577. The van der Waals surface area contributed by atoms with Crippen LogP contribution < -0.4 is 4.90 Å². The number of benzene rings is 8. The van der Waals surface area contributed by atoms with E-state index in [1.54, 1.807) is 0 Å². The van der Waals surface area contributed by atoms with Crippen LogP contribution in [0.4, 0.5) is 17.1 Å². The number of anilines is 3. The topological polar surface area (TPSA) is 42.4 Å². The number of aromatic nitrogens is 1. The van der Waals surface area contributed by atoms with Gasteiger partial charge in [0.25, 0.3) is 0 Å². The fourth-order valence-electron chi connectivity index (χ4n) is 7.31. The molecule has 0 spiro atoms. The first kappa shape index (κ1) is 29.0. The van der Waals surface area contributed by atoms with Crippen molar-refractivity contribution in [2.24, 2.45) is 0 Å². The molecule has 0 unspecified atom stereocenters. The monoisotopic (exact) mass is 654 g/mol. The molecule has 10 rings (SSSR count). The summed E-state index contributed by atoms with van der Waals surface area (Å²) in [5.41, 5.74) is 11.9. The average molecular weight is 655 g/mol. The van der Waals surface area contributed by atoms with Crippen LogP contribution in [0.1, 0.15) is 0 Å². The van der Waals surface area contributed by atoms with Gasteiger partial charge in [0.2, 0.25) is 5.89 Å². The molecule has 10 aromatic rings. The van der Waals surface area contributed by atoms with Crippen molar-refractivity contribution in [2.75, 3.05) is 4.90 Å². The van der Waals surface area contributed by atoms with Gasteiger partial charge in [0.15, 0.2) is 5.58 Å². The van der Waals surface area contributed by atoms with E-state index in [-0.39, 0.29) is 0 Å². The van der Waals surface area contributed by atoms with Gasteiger partial charge in [-0.2, -0.15) is 0 Å². The Hall–Kier alpha value is -6.91. The molecular formula is C47H30N2O2. The van der Waals surface area contributed by atoms with Crippen LogP contribution in [0.25, 0.3) is 77.5 Å². The molecule has 4 nitrogen and oxygen atoms in total. The normalized spacial score (nSPS) is 11.5. The van der Waals surface area contributed by atoms with Gasteiger partial charge in [0, 0.05) is 22.3 Å². The highest BCUT2D eigenvalue weighted by Gasteiger charge is 2.23. The van der Waals surface area contributed by atoms with Gasteiger partial charge in [-0.3, -0.25) is 0 Å². The summed E-state index contributed by atoms with van der Waals surface area (Å²) in [7, 11) is 0. The minimum Gasteiger partial charge on any atom is -0.456 e. The summed E-state index contributed by atoms with van der Waals surface area (Å²) in [4.78, 5) is 7.20. The van der Waals surface area contributed by atoms with Gasteiger partial charge in [-0.15, -0.1) is 0 Å². The van der Waals surface area contributed by atoms with E-state index in [1.807, 2.05) is 24.3 Å². The number of fused-ring (bicyclic) bond motifs is 6. The van der Waals surface area contributed by atoms with Crippen LogP contribution >= 0.6 is 0 Å². The van der Waals surface area contributed by atoms with Gasteiger partial charge in [0.1, 0.15) is 16.7 Å². The van der Waals surface area contributed by atoms with E-state index in [0.717, 1.165) is 66.4 Å². The van der Waals surface area contributed by atoms with Crippen molar-refractivity contribution in [1.82, 2.24) is 4.98 Å². The number of oxazole rings is 1. The van der Waals surface area contributed by atoms with E-state index in [0.29, 0.717) is 5.89 Å². The molecule has 0 atom stereocenters. The first-order chi connectivity index (χ1) is 25.3. The largest absolute Gasteiger partial charge is 0.456 e. The van der Waals surface area contributed by atoms with E-state index in [4.69, 9.17) is 13.8 Å². The molecule has 0 N–H and O–H groups in total. The molecule has 0 bridgehead atoms. The van der Waals surface area contributed by atoms with E-state index in [2.05, 4.69) is 163 Å². The third-order valence-electron chi connectivity index (χ3n) is 9.71. The highest BCUT2D eigenvalue weighted by Crippen LogP contribution is 2.47. The Morgan fingerprint density at radius 1 is 0.392 bits per heavy atom. The highest BCUT2D eigenvalue weighted by atomic mass is 16.3. The molecule has 8 aromatic carbocycles. The summed E-state index contributed by atoms with van der Waals surface area (Å²) in [6.07, 6.45) is 0. The quantitative estimate of drug-likeness (QED) is 0.179. The van der Waals surface area contributed by atoms with Crippen molar-refractivity contribution >= 4 is 60.9 Å². The summed E-state index contributed by atoms with van der Waals surface area (Å²) in [5.74, 6) is 0.577. The van der Waals surface area contributed by atoms with Gasteiger partial charge >= 0.3 is 0 Å². The van der Waals surface area contributed by atoms with E-state index in [9.17, 15) is 0 Å². The summed E-state index contributed by atoms with van der Waals surface area (Å²) < 4.78 is 13.0. The first-order valence-electron chi connectivity index (χ1n) is 17.1. The predicted molar refractivity (Wildman–Crippen MR) is 210 cm³/mol. The third kappa shape index (κ3) is 4.96. The smallest absolute Gasteiger partial charge is 0.228 e. The lowest BCUT2D eigenvalue weighted by Crippen LogP contribution is -2.10. The Kier molecular flexibility index (Phi) is 6.78. The first-order valence-corrected chi connectivity index (χ1v) is 17.1. The van der Waals surface area contributed by atoms with Crippen LogP contribution in [0, 0.1) is 0 Å². The van der Waals surface area contributed by atoms with Crippen LogP contribution in [0.3, 0.4) is 0 Å². The second-order valence-electron chi connectivity index (χ2n) is 12.7. The number of rotatable bonds is 6. The molecule has 2 aromatic heterocycles. The van der Waals surface area contributed by atoms with Gasteiger partial charge in [-0.25, -0.2) is 4.98 Å². The summed E-state index contributed by atoms with van der Waals surface area (Å²) in [6, 6.07) is 63.4. The lowest BCUT2D eigenvalue weighted by Gasteiger charge is -2.27. The van der Waals surface area contributed by atoms with Crippen molar-refractivity contribution in [3.63, 3.8) is 0 Å². The minimum absolute atomic E-state index is 0.577. The molecule has 0 saturated carbocycles. The maximum absolute atomic E-state index is 6.72. The Labute approximate surface area is 294 Å². The zero-order chi connectivity index (χ0) is 33.7. The summed E-state index contributed by atoms with van der Waals surface area (Å²) in [6.45, 7) is 0. The number of furan rings is 1. The van der Waals surface area contributed by atoms with Gasteiger partial charge in [-0.1, -0.05) is 127 Å². The number of hydrogen-bond donors (Lipinski definition) is 0. The second-order valence-corrected chi connectivity index (χ2v) is 12.7. The molecule has 0 aliphatic rings. The van der Waals surface area contributed by atoms with Gasteiger partial charge in [0.05, 0.1) is 11.1 Å². The van der Waals surface area contributed by atoms with Crippen molar-refractivity contribution in [2.45, 2.75) is 0 Å².